The molecule has 2 nitrogen and oxygen atoms in total. The van der Waals surface area contributed by atoms with Crippen LogP contribution >= 0.6 is 0 Å². The highest BCUT2D eigenvalue weighted by atomic mass is 19.1. The second kappa shape index (κ2) is 7.18. The van der Waals surface area contributed by atoms with E-state index in [0.717, 1.165) is 0 Å². The van der Waals surface area contributed by atoms with Crippen LogP contribution < -0.4 is 4.90 Å². The molecular weight excluding hydrogens is 272 g/mol. The number of halogens is 2. The Labute approximate surface area is 123 Å². The van der Waals surface area contributed by atoms with Gasteiger partial charge in [-0.2, -0.15) is 0 Å². The highest BCUT2D eigenvalue weighted by molar-refractivity contribution is 5.47. The first-order valence-electron chi connectivity index (χ1n) is 7.04. The van der Waals surface area contributed by atoms with E-state index in [0.29, 0.717) is 30.8 Å². The highest BCUT2D eigenvalue weighted by Crippen LogP contribution is 2.22. The van der Waals surface area contributed by atoms with Gasteiger partial charge in [-0.25, -0.2) is 8.78 Å². The zero-order valence-corrected chi connectivity index (χ0v) is 12.0. The Bertz CT molecular complexity index is 571. The van der Waals surface area contributed by atoms with Gasteiger partial charge in [-0.05, 0) is 43.2 Å². The van der Waals surface area contributed by atoms with Gasteiger partial charge in [0.05, 0.1) is 11.8 Å². The van der Waals surface area contributed by atoms with Crippen LogP contribution in [0.25, 0.3) is 0 Å². The Balaban J connectivity index is 2.00. The number of para-hydroxylation sites is 1. The monoisotopic (exact) mass is 291 g/mol. The molecule has 1 unspecified atom stereocenters. The molecule has 21 heavy (non-hydrogen) atoms. The molecule has 0 aliphatic heterocycles. The number of nitrogens with zero attached hydrogens (tertiary/aromatic N) is 1. The Hall–Kier alpha value is -1.94. The molecule has 2 aromatic carbocycles. The number of hydrogen-bond acceptors (Lipinski definition) is 2. The van der Waals surface area contributed by atoms with Gasteiger partial charge < -0.3 is 10.0 Å². The standard InChI is InChI=1S/C17H19F2NO/c1-2-20(16-6-4-3-5-15(16)19)12-11-17(21)13-7-9-14(18)10-8-13/h3-10,17,21H,2,11-12H2,1H3. The third-order valence-electron chi connectivity index (χ3n) is 3.50. The number of rotatable bonds is 6. The van der Waals surface area contributed by atoms with Crippen molar-refractivity contribution in [1.29, 1.82) is 0 Å². The lowest BCUT2D eigenvalue weighted by atomic mass is 10.1. The first-order valence-corrected chi connectivity index (χ1v) is 7.04. The number of anilines is 1. The summed E-state index contributed by atoms with van der Waals surface area (Å²) < 4.78 is 26.6. The Morgan fingerprint density at radius 1 is 1.05 bits per heavy atom. The minimum atomic E-state index is -0.688. The molecule has 0 fully saturated rings. The highest BCUT2D eigenvalue weighted by Gasteiger charge is 2.13. The van der Waals surface area contributed by atoms with Gasteiger partial charge in [-0.1, -0.05) is 24.3 Å². The van der Waals surface area contributed by atoms with Crippen LogP contribution in [0.15, 0.2) is 48.5 Å². The van der Waals surface area contributed by atoms with Gasteiger partial charge in [0, 0.05) is 13.1 Å². The van der Waals surface area contributed by atoms with Crippen molar-refractivity contribution in [2.75, 3.05) is 18.0 Å². The molecule has 4 heteroatoms. The van der Waals surface area contributed by atoms with E-state index in [-0.39, 0.29) is 11.6 Å². The molecule has 0 radical (unpaired) electrons. The van der Waals surface area contributed by atoms with Gasteiger partial charge in [-0.15, -0.1) is 0 Å². The van der Waals surface area contributed by atoms with Crippen molar-refractivity contribution >= 4 is 5.69 Å². The van der Waals surface area contributed by atoms with Gasteiger partial charge >= 0.3 is 0 Å². The summed E-state index contributed by atoms with van der Waals surface area (Å²) >= 11 is 0. The minimum absolute atomic E-state index is 0.268. The number of benzene rings is 2. The van der Waals surface area contributed by atoms with Crippen LogP contribution in [-0.4, -0.2) is 18.2 Å². The topological polar surface area (TPSA) is 23.5 Å². The van der Waals surface area contributed by atoms with Crippen LogP contribution in [0.4, 0.5) is 14.5 Å². The van der Waals surface area contributed by atoms with E-state index in [4.69, 9.17) is 0 Å². The summed E-state index contributed by atoms with van der Waals surface area (Å²) in [5, 5.41) is 10.1. The average molecular weight is 291 g/mol. The van der Waals surface area contributed by atoms with E-state index in [9.17, 15) is 13.9 Å². The Kier molecular flexibility index (Phi) is 5.28. The molecule has 1 N–H and O–H groups in total. The van der Waals surface area contributed by atoms with Crippen LogP contribution in [-0.2, 0) is 0 Å². The lowest BCUT2D eigenvalue weighted by Crippen LogP contribution is -2.26. The largest absolute Gasteiger partial charge is 0.388 e. The summed E-state index contributed by atoms with van der Waals surface area (Å²) in [6.07, 6.45) is -0.236. The van der Waals surface area contributed by atoms with Crippen molar-refractivity contribution in [2.24, 2.45) is 0 Å². The quantitative estimate of drug-likeness (QED) is 0.872. The van der Waals surface area contributed by atoms with E-state index in [1.165, 1.54) is 18.2 Å². The van der Waals surface area contributed by atoms with Crippen LogP contribution in [0.1, 0.15) is 25.0 Å². The first-order chi connectivity index (χ1) is 10.1. The fraction of sp³-hybridized carbons (Fsp3) is 0.294. The van der Waals surface area contributed by atoms with E-state index >= 15 is 0 Å². The lowest BCUT2D eigenvalue weighted by molar-refractivity contribution is 0.169. The molecule has 1 atom stereocenters. The van der Waals surface area contributed by atoms with Crippen molar-refractivity contribution in [2.45, 2.75) is 19.4 Å². The zero-order valence-electron chi connectivity index (χ0n) is 12.0. The summed E-state index contributed by atoms with van der Waals surface area (Å²) in [7, 11) is 0. The molecule has 0 spiro atoms. The maximum Gasteiger partial charge on any atom is 0.146 e. The molecule has 0 saturated heterocycles. The molecule has 2 rings (SSSR count). The van der Waals surface area contributed by atoms with Gasteiger partial charge in [-0.3, -0.25) is 0 Å². The van der Waals surface area contributed by atoms with Crippen molar-refractivity contribution in [3.63, 3.8) is 0 Å². The number of hydrogen-bond donors (Lipinski definition) is 1. The Morgan fingerprint density at radius 2 is 1.71 bits per heavy atom. The average Bonchev–Trinajstić information content (AvgIpc) is 2.50. The molecule has 2 aromatic rings. The summed E-state index contributed by atoms with van der Waals surface area (Å²) in [6.45, 7) is 3.11. The third kappa shape index (κ3) is 4.02. The second-order valence-electron chi connectivity index (χ2n) is 4.89. The lowest BCUT2D eigenvalue weighted by Gasteiger charge is -2.25. The van der Waals surface area contributed by atoms with Crippen molar-refractivity contribution in [1.82, 2.24) is 0 Å². The molecule has 112 valence electrons. The van der Waals surface area contributed by atoms with E-state index in [1.54, 1.807) is 30.3 Å². The predicted molar refractivity (Wildman–Crippen MR) is 80.3 cm³/mol. The minimum Gasteiger partial charge on any atom is -0.388 e. The normalized spacial score (nSPS) is 12.2. The maximum atomic E-state index is 13.8. The van der Waals surface area contributed by atoms with Gasteiger partial charge in [0.25, 0.3) is 0 Å². The van der Waals surface area contributed by atoms with Gasteiger partial charge in [0.1, 0.15) is 11.6 Å². The predicted octanol–water partition coefficient (Wildman–Crippen LogP) is 3.91. The first kappa shape index (κ1) is 15.4. The van der Waals surface area contributed by atoms with Crippen molar-refractivity contribution < 1.29 is 13.9 Å². The molecule has 0 heterocycles. The van der Waals surface area contributed by atoms with Crippen LogP contribution in [0.5, 0.6) is 0 Å². The van der Waals surface area contributed by atoms with Crippen LogP contribution in [0.3, 0.4) is 0 Å². The molecule has 0 amide bonds. The van der Waals surface area contributed by atoms with Crippen LogP contribution in [0, 0.1) is 11.6 Å². The fourth-order valence-corrected chi connectivity index (χ4v) is 2.29. The van der Waals surface area contributed by atoms with E-state index in [2.05, 4.69) is 0 Å². The summed E-state index contributed by atoms with van der Waals surface area (Å²) in [6, 6.07) is 12.4. The van der Waals surface area contributed by atoms with E-state index in [1.807, 2.05) is 11.8 Å². The summed E-state index contributed by atoms with van der Waals surface area (Å²) in [4.78, 5) is 1.88. The second-order valence-corrected chi connectivity index (χ2v) is 4.89. The van der Waals surface area contributed by atoms with E-state index < -0.39 is 6.10 Å². The molecule has 0 aromatic heterocycles. The Morgan fingerprint density at radius 3 is 2.33 bits per heavy atom. The summed E-state index contributed by atoms with van der Waals surface area (Å²) in [5.41, 5.74) is 1.20. The molecule has 0 aliphatic carbocycles. The van der Waals surface area contributed by atoms with Gasteiger partial charge in [0.15, 0.2) is 0 Å². The zero-order chi connectivity index (χ0) is 15.2. The summed E-state index contributed by atoms with van der Waals surface area (Å²) in [5.74, 6) is -0.594. The van der Waals surface area contributed by atoms with Crippen molar-refractivity contribution in [3.05, 3.63) is 65.7 Å². The molecular formula is C17H19F2NO. The number of aliphatic hydroxyl groups excluding tert-OH is 1. The molecule has 0 bridgehead atoms. The molecule has 0 aliphatic rings. The maximum absolute atomic E-state index is 13.8. The van der Waals surface area contributed by atoms with Crippen molar-refractivity contribution in [3.8, 4) is 0 Å². The number of aliphatic hydroxyl groups is 1. The SMILES string of the molecule is CCN(CCC(O)c1ccc(F)cc1)c1ccccc1F. The van der Waals surface area contributed by atoms with Crippen LogP contribution in [0.2, 0.25) is 0 Å². The third-order valence-corrected chi connectivity index (χ3v) is 3.50. The van der Waals surface area contributed by atoms with Gasteiger partial charge in [0.2, 0.25) is 0 Å². The molecule has 0 saturated carbocycles. The smallest absolute Gasteiger partial charge is 0.146 e. The fourth-order valence-electron chi connectivity index (χ4n) is 2.29.